The predicted molar refractivity (Wildman–Crippen MR) is 67.7 cm³/mol. The van der Waals surface area contributed by atoms with Crippen LogP contribution in [-0.4, -0.2) is 11.3 Å². The molecule has 1 aromatic carbocycles. The summed E-state index contributed by atoms with van der Waals surface area (Å²) < 4.78 is 39.9. The van der Waals surface area contributed by atoms with E-state index >= 15 is 0 Å². The average molecular weight is 283 g/mol. The van der Waals surface area contributed by atoms with E-state index in [0.717, 1.165) is 11.1 Å². The van der Waals surface area contributed by atoms with Crippen molar-refractivity contribution in [3.63, 3.8) is 0 Å². The summed E-state index contributed by atoms with van der Waals surface area (Å²) in [4.78, 5) is 14.2. The van der Waals surface area contributed by atoms with Gasteiger partial charge >= 0.3 is 6.36 Å². The maximum atomic E-state index is 12.0. The normalized spacial score (nSPS) is 11.4. The van der Waals surface area contributed by atoms with Crippen LogP contribution in [0.3, 0.4) is 0 Å². The van der Waals surface area contributed by atoms with Crippen molar-refractivity contribution in [2.45, 2.75) is 19.7 Å². The molecule has 3 nitrogen and oxygen atoms in total. The third kappa shape index (κ3) is 3.63. The Hall–Kier alpha value is -2.24. The molecule has 0 unspecified atom stereocenters. The summed E-state index contributed by atoms with van der Waals surface area (Å²) in [6.45, 7) is 1.81. The van der Waals surface area contributed by atoms with Gasteiger partial charge in [0.05, 0.1) is 0 Å². The number of benzene rings is 1. The van der Waals surface area contributed by atoms with Gasteiger partial charge in [0, 0.05) is 18.2 Å². The van der Waals surface area contributed by atoms with Crippen molar-refractivity contribution in [3.05, 3.63) is 63.6 Å². The first-order chi connectivity index (χ1) is 9.35. The fraction of sp³-hybridized carbons (Fsp3) is 0.214. The first-order valence-electron chi connectivity index (χ1n) is 5.87. The molecule has 6 heteroatoms. The molecule has 0 spiro atoms. The molecule has 106 valence electrons. The van der Waals surface area contributed by atoms with Crippen molar-refractivity contribution in [2.24, 2.45) is 0 Å². The summed E-state index contributed by atoms with van der Waals surface area (Å²) in [6, 6.07) is 7.25. The van der Waals surface area contributed by atoms with E-state index in [2.05, 4.69) is 9.72 Å². The summed E-state index contributed by atoms with van der Waals surface area (Å²) in [7, 11) is 0. The molecule has 0 bridgehead atoms. The number of aromatic nitrogens is 1. The van der Waals surface area contributed by atoms with Gasteiger partial charge in [-0.1, -0.05) is 12.1 Å². The van der Waals surface area contributed by atoms with Gasteiger partial charge < -0.3 is 9.72 Å². The fourth-order valence-corrected chi connectivity index (χ4v) is 1.84. The van der Waals surface area contributed by atoms with Gasteiger partial charge in [-0.2, -0.15) is 0 Å². The second-order valence-electron chi connectivity index (χ2n) is 4.34. The maximum absolute atomic E-state index is 12.0. The zero-order valence-electron chi connectivity index (χ0n) is 10.6. The quantitative estimate of drug-likeness (QED) is 0.940. The van der Waals surface area contributed by atoms with Crippen molar-refractivity contribution in [3.8, 4) is 5.75 Å². The lowest BCUT2D eigenvalue weighted by molar-refractivity contribution is -0.274. The van der Waals surface area contributed by atoms with Crippen LogP contribution in [0.2, 0.25) is 0 Å². The van der Waals surface area contributed by atoms with Crippen LogP contribution < -0.4 is 10.3 Å². The van der Waals surface area contributed by atoms with Crippen LogP contribution in [0.15, 0.2) is 41.3 Å². The number of aryl methyl sites for hydroxylation is 1. The highest BCUT2D eigenvalue weighted by Crippen LogP contribution is 2.23. The van der Waals surface area contributed by atoms with Gasteiger partial charge in [0.25, 0.3) is 5.56 Å². The molecule has 0 radical (unpaired) electrons. The SMILES string of the molecule is Cc1cc[nH]c(=O)c1Cc1ccc(OC(F)(F)F)cc1. The molecule has 0 aliphatic carbocycles. The lowest BCUT2D eigenvalue weighted by atomic mass is 10.0. The molecule has 2 rings (SSSR count). The fourth-order valence-electron chi connectivity index (χ4n) is 1.84. The van der Waals surface area contributed by atoms with Gasteiger partial charge in [-0.3, -0.25) is 4.79 Å². The van der Waals surface area contributed by atoms with E-state index in [-0.39, 0.29) is 11.3 Å². The number of hydrogen-bond donors (Lipinski definition) is 1. The molecule has 1 aromatic heterocycles. The average Bonchev–Trinajstić information content (AvgIpc) is 2.34. The lowest BCUT2D eigenvalue weighted by Gasteiger charge is -2.09. The highest BCUT2D eigenvalue weighted by Gasteiger charge is 2.30. The smallest absolute Gasteiger partial charge is 0.406 e. The van der Waals surface area contributed by atoms with Crippen LogP contribution >= 0.6 is 0 Å². The highest BCUT2D eigenvalue weighted by molar-refractivity contribution is 5.33. The van der Waals surface area contributed by atoms with Gasteiger partial charge in [-0.25, -0.2) is 0 Å². The van der Waals surface area contributed by atoms with Crippen LogP contribution in [0.5, 0.6) is 5.75 Å². The number of hydrogen-bond acceptors (Lipinski definition) is 2. The molecule has 0 aliphatic heterocycles. The van der Waals surface area contributed by atoms with Gasteiger partial charge in [0.15, 0.2) is 0 Å². The topological polar surface area (TPSA) is 42.1 Å². The largest absolute Gasteiger partial charge is 0.573 e. The minimum Gasteiger partial charge on any atom is -0.406 e. The van der Waals surface area contributed by atoms with E-state index in [0.29, 0.717) is 12.0 Å². The number of pyridine rings is 1. The van der Waals surface area contributed by atoms with Gasteiger partial charge in [-0.05, 0) is 36.2 Å². The van der Waals surface area contributed by atoms with Gasteiger partial charge in [0.2, 0.25) is 0 Å². The molecule has 1 heterocycles. The third-order valence-corrected chi connectivity index (χ3v) is 2.84. The van der Waals surface area contributed by atoms with E-state index in [4.69, 9.17) is 0 Å². The third-order valence-electron chi connectivity index (χ3n) is 2.84. The molecule has 0 saturated heterocycles. The van der Waals surface area contributed by atoms with Crippen molar-refractivity contribution >= 4 is 0 Å². The zero-order chi connectivity index (χ0) is 14.8. The minimum atomic E-state index is -4.70. The van der Waals surface area contributed by atoms with Gasteiger partial charge in [-0.15, -0.1) is 13.2 Å². The number of rotatable bonds is 3. The number of aromatic amines is 1. The van der Waals surface area contributed by atoms with E-state index in [1.807, 2.05) is 6.92 Å². The van der Waals surface area contributed by atoms with Crippen LogP contribution in [0.4, 0.5) is 13.2 Å². The summed E-state index contributed by atoms with van der Waals surface area (Å²) >= 11 is 0. The van der Waals surface area contributed by atoms with E-state index < -0.39 is 6.36 Å². The lowest BCUT2D eigenvalue weighted by Crippen LogP contribution is -2.17. The number of nitrogens with one attached hydrogen (secondary N) is 1. The standard InChI is InChI=1S/C14H12F3NO2/c1-9-6-7-18-13(19)12(9)8-10-2-4-11(5-3-10)20-14(15,16)17/h2-7H,8H2,1H3,(H,18,19). The molecule has 2 aromatic rings. The molecular formula is C14H12F3NO2. The molecule has 0 aliphatic rings. The van der Waals surface area contributed by atoms with Gasteiger partial charge in [0.1, 0.15) is 5.75 Å². The summed E-state index contributed by atoms with van der Waals surface area (Å²) in [5.41, 5.74) is 1.97. The Bertz CT molecular complexity index is 645. The summed E-state index contributed by atoms with van der Waals surface area (Å²) in [6.07, 6.45) is -2.79. The first kappa shape index (κ1) is 14.2. The Labute approximate surface area is 113 Å². The van der Waals surface area contributed by atoms with Crippen molar-refractivity contribution < 1.29 is 17.9 Å². The number of H-pyrrole nitrogens is 1. The maximum Gasteiger partial charge on any atom is 0.573 e. The first-order valence-corrected chi connectivity index (χ1v) is 5.87. The summed E-state index contributed by atoms with van der Waals surface area (Å²) in [5, 5.41) is 0. The Balaban J connectivity index is 2.17. The van der Waals surface area contributed by atoms with Crippen molar-refractivity contribution in [1.82, 2.24) is 4.98 Å². The number of alkyl halides is 3. The van der Waals surface area contributed by atoms with E-state index in [1.165, 1.54) is 24.3 Å². The molecule has 0 amide bonds. The van der Waals surface area contributed by atoms with Crippen LogP contribution in [0, 0.1) is 6.92 Å². The van der Waals surface area contributed by atoms with Crippen LogP contribution in [0.25, 0.3) is 0 Å². The molecule has 20 heavy (non-hydrogen) atoms. The van der Waals surface area contributed by atoms with Crippen molar-refractivity contribution in [2.75, 3.05) is 0 Å². The molecule has 1 N–H and O–H groups in total. The van der Waals surface area contributed by atoms with Crippen LogP contribution in [-0.2, 0) is 6.42 Å². The number of ether oxygens (including phenoxy) is 1. The Morgan fingerprint density at radius 2 is 1.80 bits per heavy atom. The van der Waals surface area contributed by atoms with Crippen molar-refractivity contribution in [1.29, 1.82) is 0 Å². The van der Waals surface area contributed by atoms with Crippen LogP contribution in [0.1, 0.15) is 16.7 Å². The highest BCUT2D eigenvalue weighted by atomic mass is 19.4. The monoisotopic (exact) mass is 283 g/mol. The molecule has 0 saturated carbocycles. The Morgan fingerprint density at radius 1 is 1.15 bits per heavy atom. The summed E-state index contributed by atoms with van der Waals surface area (Å²) in [5.74, 6) is -0.278. The van der Waals surface area contributed by atoms with E-state index in [1.54, 1.807) is 12.3 Å². The second-order valence-corrected chi connectivity index (χ2v) is 4.34. The molecule has 0 fully saturated rings. The Morgan fingerprint density at radius 3 is 2.35 bits per heavy atom. The van der Waals surface area contributed by atoms with E-state index in [9.17, 15) is 18.0 Å². The molecular weight excluding hydrogens is 271 g/mol. The second kappa shape index (κ2) is 5.40. The predicted octanol–water partition coefficient (Wildman–Crippen LogP) is 3.17. The molecule has 0 atom stereocenters. The number of halogens is 3. The Kier molecular flexibility index (Phi) is 3.83. The minimum absolute atomic E-state index is 0.194. The zero-order valence-corrected chi connectivity index (χ0v) is 10.6.